The number of nitrogens with zero attached hydrogens (tertiary/aromatic N) is 1. The normalized spacial score (nSPS) is 12.4. The molecule has 0 radical (unpaired) electrons. The van der Waals surface area contributed by atoms with Crippen molar-refractivity contribution in [2.75, 3.05) is 0 Å². The van der Waals surface area contributed by atoms with E-state index in [2.05, 4.69) is 9.93 Å². The highest BCUT2D eigenvalue weighted by Gasteiger charge is 2.11. The first-order valence-corrected chi connectivity index (χ1v) is 8.56. The van der Waals surface area contributed by atoms with Gasteiger partial charge in [-0.15, -0.1) is 0 Å². The van der Waals surface area contributed by atoms with Crippen LogP contribution in [-0.2, 0) is 10.0 Å². The van der Waals surface area contributed by atoms with E-state index >= 15 is 0 Å². The quantitative estimate of drug-likeness (QED) is 0.501. The summed E-state index contributed by atoms with van der Waals surface area (Å²) < 4.78 is 23.9. The number of hydrogen-bond acceptors (Lipinski definition) is 3. The molecular weight excluding hydrogens is 308 g/mol. The molecule has 0 saturated heterocycles. The van der Waals surface area contributed by atoms with E-state index in [1.807, 2.05) is 49.4 Å². The molecule has 0 aliphatic rings. The van der Waals surface area contributed by atoms with Gasteiger partial charge in [-0.1, -0.05) is 66.3 Å². The Morgan fingerprint density at radius 1 is 0.913 bits per heavy atom. The average Bonchev–Trinajstić information content (AvgIpc) is 2.55. The zero-order valence-corrected chi connectivity index (χ0v) is 13.6. The number of aryl methyl sites for hydroxylation is 1. The van der Waals surface area contributed by atoms with Crippen molar-refractivity contribution in [3.05, 3.63) is 84.0 Å². The van der Waals surface area contributed by atoms with Gasteiger partial charge in [0.25, 0.3) is 10.0 Å². The molecule has 0 aliphatic heterocycles. The van der Waals surface area contributed by atoms with E-state index in [0.29, 0.717) is 0 Å². The van der Waals surface area contributed by atoms with Crippen LogP contribution in [0.5, 0.6) is 0 Å². The fourth-order valence-electron chi connectivity index (χ4n) is 1.76. The molecule has 0 unspecified atom stereocenters. The molecule has 4 nitrogen and oxygen atoms in total. The number of nitrogens with one attached hydrogen (secondary N) is 1. The number of hydrogen-bond donors (Lipinski definition) is 1. The van der Waals surface area contributed by atoms with Crippen molar-refractivity contribution in [2.24, 2.45) is 5.10 Å². The lowest BCUT2D eigenvalue weighted by molar-refractivity contribution is 0.584. The summed E-state index contributed by atoms with van der Waals surface area (Å²) >= 11 is 0. The molecule has 0 aliphatic carbocycles. The first-order chi connectivity index (χ1) is 11.1. The maximum Gasteiger partial charge on any atom is 0.276 e. The van der Waals surface area contributed by atoms with Crippen molar-refractivity contribution in [1.82, 2.24) is 4.83 Å². The highest BCUT2D eigenvalue weighted by molar-refractivity contribution is 7.89. The largest absolute Gasteiger partial charge is 0.276 e. The summed E-state index contributed by atoms with van der Waals surface area (Å²) in [5, 5.41) is 3.70. The molecule has 5 heteroatoms. The van der Waals surface area contributed by atoms with E-state index in [4.69, 9.17) is 0 Å². The van der Waals surface area contributed by atoms with Crippen molar-refractivity contribution in [2.45, 2.75) is 11.8 Å². The molecule has 0 fully saturated rings. The molecule has 0 bridgehead atoms. The lowest BCUT2D eigenvalue weighted by Crippen LogP contribution is -2.17. The second-order valence-electron chi connectivity index (χ2n) is 4.84. The summed E-state index contributed by atoms with van der Waals surface area (Å²) in [5.41, 5.74) is 2.09. The molecule has 118 valence electrons. The van der Waals surface area contributed by atoms with Crippen LogP contribution in [0.4, 0.5) is 0 Å². The third-order valence-corrected chi connectivity index (χ3v) is 4.21. The monoisotopic (exact) mass is 326 g/mol. The van der Waals surface area contributed by atoms with Gasteiger partial charge >= 0.3 is 0 Å². The molecule has 23 heavy (non-hydrogen) atoms. The Morgan fingerprint density at radius 2 is 1.61 bits per heavy atom. The third-order valence-electron chi connectivity index (χ3n) is 2.98. The summed E-state index contributed by atoms with van der Waals surface area (Å²) in [6, 6.07) is 16.5. The molecule has 2 rings (SSSR count). The van der Waals surface area contributed by atoms with Gasteiger partial charge in [0.2, 0.25) is 0 Å². The number of hydrazone groups is 1. The van der Waals surface area contributed by atoms with Crippen molar-refractivity contribution >= 4 is 22.3 Å². The van der Waals surface area contributed by atoms with Crippen LogP contribution in [0.25, 0.3) is 6.08 Å². The standard InChI is InChI=1S/C18H18N2O2S/c1-16-11-13-18(14-12-16)23(21,22)20-19-15-7-3-6-10-17-8-4-2-5-9-17/h2-15,20H,1H3/b7-3+,10-6+,19-15-. The van der Waals surface area contributed by atoms with Crippen LogP contribution in [0.2, 0.25) is 0 Å². The fourth-order valence-corrected chi connectivity index (χ4v) is 2.56. The summed E-state index contributed by atoms with van der Waals surface area (Å²) in [4.78, 5) is 2.36. The third kappa shape index (κ3) is 5.56. The summed E-state index contributed by atoms with van der Waals surface area (Å²) in [6.45, 7) is 1.90. The first kappa shape index (κ1) is 16.7. The smallest absolute Gasteiger partial charge is 0.200 e. The van der Waals surface area contributed by atoms with E-state index in [1.54, 1.807) is 36.4 Å². The Morgan fingerprint density at radius 3 is 2.30 bits per heavy atom. The van der Waals surface area contributed by atoms with E-state index < -0.39 is 10.0 Å². The maximum atomic E-state index is 12.0. The van der Waals surface area contributed by atoms with Crippen molar-refractivity contribution in [3.63, 3.8) is 0 Å². The van der Waals surface area contributed by atoms with Crippen LogP contribution in [0.15, 0.2) is 82.8 Å². The Kier molecular flexibility index (Phi) is 5.88. The SMILES string of the molecule is Cc1ccc(S(=O)(=O)N\N=C/C=C/C=C/c2ccccc2)cc1. The highest BCUT2D eigenvalue weighted by Crippen LogP contribution is 2.09. The summed E-state index contributed by atoms with van der Waals surface area (Å²) in [6.07, 6.45) is 8.62. The summed E-state index contributed by atoms with van der Waals surface area (Å²) in [7, 11) is -3.61. The van der Waals surface area contributed by atoms with Crippen LogP contribution in [0.1, 0.15) is 11.1 Å². The number of benzene rings is 2. The molecule has 0 heterocycles. The molecule has 2 aromatic carbocycles. The maximum absolute atomic E-state index is 12.0. The second-order valence-corrected chi connectivity index (χ2v) is 6.50. The molecule has 0 aromatic heterocycles. The predicted molar refractivity (Wildman–Crippen MR) is 94.6 cm³/mol. The summed E-state index contributed by atoms with van der Waals surface area (Å²) in [5.74, 6) is 0. The van der Waals surface area contributed by atoms with Gasteiger partial charge in [-0.05, 0) is 30.7 Å². The van der Waals surface area contributed by atoms with Crippen LogP contribution in [0.3, 0.4) is 0 Å². The highest BCUT2D eigenvalue weighted by atomic mass is 32.2. The van der Waals surface area contributed by atoms with E-state index in [0.717, 1.165) is 11.1 Å². The topological polar surface area (TPSA) is 58.5 Å². The predicted octanol–water partition coefficient (Wildman–Crippen LogP) is 3.53. The van der Waals surface area contributed by atoms with Crippen molar-refractivity contribution < 1.29 is 8.42 Å². The number of sulfonamides is 1. The van der Waals surface area contributed by atoms with Crippen LogP contribution < -0.4 is 4.83 Å². The minimum atomic E-state index is -3.61. The Bertz CT molecular complexity index is 806. The van der Waals surface area contributed by atoms with Gasteiger partial charge in [-0.3, -0.25) is 0 Å². The minimum absolute atomic E-state index is 0.188. The molecule has 2 aromatic rings. The fraction of sp³-hybridized carbons (Fsp3) is 0.0556. The van der Waals surface area contributed by atoms with Gasteiger partial charge in [0.05, 0.1) is 4.90 Å². The zero-order chi connectivity index (χ0) is 16.5. The Balaban J connectivity index is 1.87. The van der Waals surface area contributed by atoms with Crippen LogP contribution >= 0.6 is 0 Å². The Hall–Kier alpha value is -2.66. The van der Waals surface area contributed by atoms with E-state index in [1.165, 1.54) is 6.21 Å². The lowest BCUT2D eigenvalue weighted by Gasteiger charge is -2.02. The first-order valence-electron chi connectivity index (χ1n) is 7.08. The lowest BCUT2D eigenvalue weighted by atomic mass is 10.2. The van der Waals surface area contributed by atoms with Gasteiger partial charge in [-0.2, -0.15) is 13.5 Å². The van der Waals surface area contributed by atoms with Crippen LogP contribution in [-0.4, -0.2) is 14.6 Å². The molecule has 0 amide bonds. The number of rotatable bonds is 6. The second kappa shape index (κ2) is 8.10. The van der Waals surface area contributed by atoms with E-state index in [-0.39, 0.29) is 4.90 Å². The number of allylic oxidation sites excluding steroid dienone is 3. The van der Waals surface area contributed by atoms with Crippen molar-refractivity contribution in [3.8, 4) is 0 Å². The molecular formula is C18H18N2O2S. The molecule has 0 saturated carbocycles. The van der Waals surface area contributed by atoms with E-state index in [9.17, 15) is 8.42 Å². The molecule has 0 atom stereocenters. The van der Waals surface area contributed by atoms with Gasteiger partial charge in [0, 0.05) is 6.21 Å². The average molecular weight is 326 g/mol. The van der Waals surface area contributed by atoms with Crippen molar-refractivity contribution in [1.29, 1.82) is 0 Å². The van der Waals surface area contributed by atoms with Crippen LogP contribution in [0, 0.1) is 6.92 Å². The molecule has 0 spiro atoms. The van der Waals surface area contributed by atoms with Gasteiger partial charge in [0.1, 0.15) is 0 Å². The molecule has 1 N–H and O–H groups in total. The Labute approximate surface area is 136 Å². The van der Waals surface area contributed by atoms with Gasteiger partial charge < -0.3 is 0 Å². The zero-order valence-electron chi connectivity index (χ0n) is 12.8. The van der Waals surface area contributed by atoms with Gasteiger partial charge in [0.15, 0.2) is 0 Å². The minimum Gasteiger partial charge on any atom is -0.200 e. The van der Waals surface area contributed by atoms with Gasteiger partial charge in [-0.25, -0.2) is 4.83 Å².